The maximum Gasteiger partial charge on any atom is 0.348 e. The highest BCUT2D eigenvalue weighted by Gasteiger charge is 2.17. The molecule has 108 valence electrons. The van der Waals surface area contributed by atoms with Crippen molar-refractivity contribution in [1.82, 2.24) is 4.57 Å². The van der Waals surface area contributed by atoms with Crippen molar-refractivity contribution >= 4 is 38.3 Å². The van der Waals surface area contributed by atoms with Gasteiger partial charge in [-0.3, -0.25) is 4.79 Å². The van der Waals surface area contributed by atoms with E-state index in [0.717, 1.165) is 15.6 Å². The summed E-state index contributed by atoms with van der Waals surface area (Å²) in [5.74, 6) is -0.370. The van der Waals surface area contributed by atoms with Crippen LogP contribution >= 0.6 is 11.3 Å². The van der Waals surface area contributed by atoms with E-state index in [9.17, 15) is 9.59 Å². The molecule has 0 aliphatic rings. The Morgan fingerprint density at radius 3 is 2.71 bits per heavy atom. The van der Waals surface area contributed by atoms with Gasteiger partial charge in [-0.15, -0.1) is 11.3 Å². The lowest BCUT2D eigenvalue weighted by Crippen LogP contribution is -2.19. The van der Waals surface area contributed by atoms with E-state index in [4.69, 9.17) is 4.74 Å². The lowest BCUT2D eigenvalue weighted by Gasteiger charge is -2.08. The van der Waals surface area contributed by atoms with Gasteiger partial charge in [-0.1, -0.05) is 18.2 Å². The van der Waals surface area contributed by atoms with Gasteiger partial charge in [0.25, 0.3) is 5.56 Å². The zero-order valence-electron chi connectivity index (χ0n) is 11.9. The molecule has 2 aromatic heterocycles. The number of fused-ring (bicyclic) bond motifs is 3. The van der Waals surface area contributed by atoms with E-state index in [-0.39, 0.29) is 11.5 Å². The first-order valence-corrected chi connectivity index (χ1v) is 7.71. The summed E-state index contributed by atoms with van der Waals surface area (Å²) in [5.41, 5.74) is 0.841. The molecule has 0 saturated heterocycles. The molecule has 3 aromatic rings. The van der Waals surface area contributed by atoms with Gasteiger partial charge in [-0.2, -0.15) is 0 Å². The second-order valence-corrected chi connectivity index (χ2v) is 5.69. The van der Waals surface area contributed by atoms with Crippen LogP contribution in [0, 0.1) is 0 Å². The van der Waals surface area contributed by atoms with Gasteiger partial charge in [0, 0.05) is 11.9 Å². The highest BCUT2D eigenvalue weighted by Crippen LogP contribution is 2.30. The molecule has 0 bridgehead atoms. The maximum atomic E-state index is 12.6. The number of pyridine rings is 1. The summed E-state index contributed by atoms with van der Waals surface area (Å²) in [7, 11) is 0. The SMILES string of the molecule is CCOC(=O)c1cc2c(=O)n(CC)c3ccccc3c2s1. The summed E-state index contributed by atoms with van der Waals surface area (Å²) in [6, 6.07) is 9.42. The molecule has 0 aliphatic heterocycles. The van der Waals surface area contributed by atoms with E-state index in [1.165, 1.54) is 11.3 Å². The summed E-state index contributed by atoms with van der Waals surface area (Å²) in [6.45, 7) is 4.63. The number of carbonyl (C=O) groups is 1. The standard InChI is InChI=1S/C16H15NO3S/c1-3-17-12-8-6-5-7-10(12)14-11(15(17)18)9-13(21-14)16(19)20-4-2/h5-9H,3-4H2,1-2H3. The second-order valence-electron chi connectivity index (χ2n) is 4.64. The smallest absolute Gasteiger partial charge is 0.348 e. The first kappa shape index (κ1) is 13.8. The number of ether oxygens (including phenoxy) is 1. The van der Waals surface area contributed by atoms with E-state index in [2.05, 4.69) is 0 Å². The highest BCUT2D eigenvalue weighted by molar-refractivity contribution is 7.21. The van der Waals surface area contributed by atoms with Crippen LogP contribution in [0.15, 0.2) is 35.1 Å². The van der Waals surface area contributed by atoms with Crippen LogP contribution in [0.2, 0.25) is 0 Å². The van der Waals surface area contributed by atoms with Crippen molar-refractivity contribution in [3.63, 3.8) is 0 Å². The molecule has 21 heavy (non-hydrogen) atoms. The van der Waals surface area contributed by atoms with Crippen LogP contribution in [0.4, 0.5) is 0 Å². The molecule has 0 N–H and O–H groups in total. The number of carbonyl (C=O) groups excluding carboxylic acids is 1. The molecule has 1 aromatic carbocycles. The minimum Gasteiger partial charge on any atom is -0.462 e. The van der Waals surface area contributed by atoms with Gasteiger partial charge in [-0.05, 0) is 26.0 Å². The molecule has 5 heteroatoms. The Morgan fingerprint density at radius 2 is 2.00 bits per heavy atom. The molecule has 0 unspecified atom stereocenters. The molecule has 0 saturated carbocycles. The molecule has 0 amide bonds. The summed E-state index contributed by atoms with van der Waals surface area (Å²) in [6.07, 6.45) is 0. The van der Waals surface area contributed by atoms with Crippen LogP contribution < -0.4 is 5.56 Å². The van der Waals surface area contributed by atoms with Crippen molar-refractivity contribution in [3.8, 4) is 0 Å². The van der Waals surface area contributed by atoms with Crippen LogP contribution in [0.5, 0.6) is 0 Å². The van der Waals surface area contributed by atoms with E-state index in [1.54, 1.807) is 17.6 Å². The van der Waals surface area contributed by atoms with Gasteiger partial charge in [0.2, 0.25) is 0 Å². The van der Waals surface area contributed by atoms with Crippen LogP contribution in [-0.4, -0.2) is 17.1 Å². The molecule has 4 nitrogen and oxygen atoms in total. The molecule has 3 rings (SSSR count). The number of rotatable bonds is 3. The summed E-state index contributed by atoms with van der Waals surface area (Å²) in [4.78, 5) is 25.0. The quantitative estimate of drug-likeness (QED) is 0.697. The van der Waals surface area contributed by atoms with E-state index >= 15 is 0 Å². The lowest BCUT2D eigenvalue weighted by molar-refractivity contribution is 0.0532. The van der Waals surface area contributed by atoms with Crippen LogP contribution in [0.3, 0.4) is 0 Å². The molecule has 0 spiro atoms. The Bertz CT molecular complexity index is 892. The van der Waals surface area contributed by atoms with Crippen molar-refractivity contribution in [1.29, 1.82) is 0 Å². The second kappa shape index (κ2) is 5.33. The van der Waals surface area contributed by atoms with Gasteiger partial charge < -0.3 is 9.30 Å². The molecule has 2 heterocycles. The minimum atomic E-state index is -0.370. The normalized spacial score (nSPS) is 11.1. The Morgan fingerprint density at radius 1 is 1.24 bits per heavy atom. The van der Waals surface area contributed by atoms with Gasteiger partial charge in [0.15, 0.2) is 0 Å². The Labute approximate surface area is 125 Å². The van der Waals surface area contributed by atoms with E-state index < -0.39 is 0 Å². The molecule has 0 fully saturated rings. The van der Waals surface area contributed by atoms with Crippen LogP contribution in [0.1, 0.15) is 23.5 Å². The number of nitrogens with zero attached hydrogens (tertiary/aromatic N) is 1. The number of esters is 1. The van der Waals surface area contributed by atoms with Crippen molar-refractivity contribution in [3.05, 3.63) is 45.6 Å². The molecule has 0 atom stereocenters. The van der Waals surface area contributed by atoms with Crippen molar-refractivity contribution in [2.45, 2.75) is 20.4 Å². The first-order valence-electron chi connectivity index (χ1n) is 6.89. The summed E-state index contributed by atoms with van der Waals surface area (Å²) in [5, 5.41) is 1.58. The average Bonchev–Trinajstić information content (AvgIpc) is 2.94. The molecule has 0 aliphatic carbocycles. The third-order valence-electron chi connectivity index (χ3n) is 3.44. The van der Waals surface area contributed by atoms with Gasteiger partial charge in [0.1, 0.15) is 4.88 Å². The Kier molecular flexibility index (Phi) is 3.51. The third-order valence-corrected chi connectivity index (χ3v) is 4.59. The summed E-state index contributed by atoms with van der Waals surface area (Å²) >= 11 is 1.32. The average molecular weight is 301 g/mol. The van der Waals surface area contributed by atoms with E-state index in [1.807, 2.05) is 31.2 Å². The number of aryl methyl sites for hydroxylation is 1. The number of hydrogen-bond acceptors (Lipinski definition) is 4. The van der Waals surface area contributed by atoms with Gasteiger partial charge >= 0.3 is 5.97 Å². The first-order chi connectivity index (χ1) is 10.2. The third kappa shape index (κ3) is 2.14. The predicted molar refractivity (Wildman–Crippen MR) is 85.2 cm³/mol. The topological polar surface area (TPSA) is 48.3 Å². The Hall–Kier alpha value is -2.14. The zero-order chi connectivity index (χ0) is 15.0. The van der Waals surface area contributed by atoms with Crippen molar-refractivity contribution in [2.24, 2.45) is 0 Å². The van der Waals surface area contributed by atoms with Crippen molar-refractivity contribution < 1.29 is 9.53 Å². The molecular weight excluding hydrogens is 286 g/mol. The Balaban J connectivity index is 2.39. The molecule has 0 radical (unpaired) electrons. The van der Waals surface area contributed by atoms with Crippen LogP contribution in [-0.2, 0) is 11.3 Å². The molecular formula is C16H15NO3S. The maximum absolute atomic E-state index is 12.6. The largest absolute Gasteiger partial charge is 0.462 e. The number of benzene rings is 1. The number of hydrogen-bond donors (Lipinski definition) is 0. The lowest BCUT2D eigenvalue weighted by atomic mass is 10.1. The van der Waals surface area contributed by atoms with Gasteiger partial charge in [-0.25, -0.2) is 4.79 Å². The van der Waals surface area contributed by atoms with Gasteiger partial charge in [0.05, 0.1) is 22.2 Å². The fraction of sp³-hybridized carbons (Fsp3) is 0.250. The summed E-state index contributed by atoms with van der Waals surface area (Å²) < 4.78 is 7.61. The van der Waals surface area contributed by atoms with E-state index in [0.29, 0.717) is 23.4 Å². The number of para-hydroxylation sites is 1. The van der Waals surface area contributed by atoms with Crippen LogP contribution in [0.25, 0.3) is 21.0 Å². The number of aromatic nitrogens is 1. The minimum absolute atomic E-state index is 0.0574. The predicted octanol–water partition coefficient (Wildman–Crippen LogP) is 3.41. The van der Waals surface area contributed by atoms with Crippen molar-refractivity contribution in [2.75, 3.05) is 6.61 Å². The highest BCUT2D eigenvalue weighted by atomic mass is 32.1. The number of thiophene rings is 1. The zero-order valence-corrected chi connectivity index (χ0v) is 12.7. The fourth-order valence-corrected chi connectivity index (χ4v) is 3.60. The monoisotopic (exact) mass is 301 g/mol. The fourth-order valence-electron chi connectivity index (χ4n) is 2.52.